The predicted molar refractivity (Wildman–Crippen MR) is 84.9 cm³/mol. The van der Waals surface area contributed by atoms with Crippen LogP contribution in [0.1, 0.15) is 6.92 Å². The number of benzene rings is 2. The summed E-state index contributed by atoms with van der Waals surface area (Å²) in [6, 6.07) is 4.15. The molecule has 0 saturated heterocycles. The molecule has 0 fully saturated rings. The van der Waals surface area contributed by atoms with Gasteiger partial charge < -0.3 is 9.47 Å². The van der Waals surface area contributed by atoms with Crippen LogP contribution >= 0.6 is 31.9 Å². The minimum absolute atomic E-state index is 0.0706. The Morgan fingerprint density at radius 1 is 0.909 bits per heavy atom. The number of hydrogen-bond acceptors (Lipinski definition) is 2. The molecule has 2 nitrogen and oxygen atoms in total. The molecule has 0 unspecified atom stereocenters. The first-order chi connectivity index (χ1) is 10.4. The Morgan fingerprint density at radius 2 is 1.55 bits per heavy atom. The molecule has 0 aliphatic carbocycles. The maximum absolute atomic E-state index is 14.5. The van der Waals surface area contributed by atoms with E-state index in [4.69, 9.17) is 9.47 Å². The minimum Gasteiger partial charge on any atom is -0.494 e. The van der Waals surface area contributed by atoms with E-state index in [1.54, 1.807) is 6.92 Å². The summed E-state index contributed by atoms with van der Waals surface area (Å²) < 4.78 is 53.3. The lowest BCUT2D eigenvalue weighted by Gasteiger charge is -2.15. The average Bonchev–Trinajstić information content (AvgIpc) is 2.48. The topological polar surface area (TPSA) is 18.5 Å². The Labute approximate surface area is 142 Å². The number of halogens is 5. The molecule has 0 aliphatic heterocycles. The second-order valence-corrected chi connectivity index (χ2v) is 5.94. The largest absolute Gasteiger partial charge is 0.494 e. The van der Waals surface area contributed by atoms with Crippen LogP contribution in [-0.2, 0) is 0 Å². The Balaban J connectivity index is 2.76. The van der Waals surface area contributed by atoms with Crippen molar-refractivity contribution in [2.24, 2.45) is 0 Å². The lowest BCUT2D eigenvalue weighted by atomic mass is 10.0. The van der Waals surface area contributed by atoms with Gasteiger partial charge in [-0.3, -0.25) is 0 Å². The van der Waals surface area contributed by atoms with Crippen molar-refractivity contribution in [1.29, 1.82) is 0 Å². The smallest absolute Gasteiger partial charge is 0.201 e. The highest BCUT2D eigenvalue weighted by Gasteiger charge is 2.25. The van der Waals surface area contributed by atoms with E-state index in [0.717, 1.165) is 0 Å². The van der Waals surface area contributed by atoms with Gasteiger partial charge in [-0.15, -0.1) is 0 Å². The van der Waals surface area contributed by atoms with Crippen LogP contribution in [-0.4, -0.2) is 13.7 Å². The first-order valence-corrected chi connectivity index (χ1v) is 7.83. The van der Waals surface area contributed by atoms with E-state index in [0.29, 0.717) is 0 Å². The highest BCUT2D eigenvalue weighted by Crippen LogP contribution is 2.43. The summed E-state index contributed by atoms with van der Waals surface area (Å²) in [7, 11) is 1.29. The summed E-state index contributed by atoms with van der Waals surface area (Å²) in [6.45, 7) is 1.83. The molecule has 0 spiro atoms. The number of ether oxygens (including phenoxy) is 2. The summed E-state index contributed by atoms with van der Waals surface area (Å²) in [6.07, 6.45) is 0. The normalized spacial score (nSPS) is 10.7. The second-order valence-electron chi connectivity index (χ2n) is 4.23. The van der Waals surface area contributed by atoms with Crippen LogP contribution in [0.15, 0.2) is 27.1 Å². The molecule has 0 aliphatic rings. The van der Waals surface area contributed by atoms with Crippen molar-refractivity contribution in [2.45, 2.75) is 6.92 Å². The van der Waals surface area contributed by atoms with E-state index >= 15 is 0 Å². The van der Waals surface area contributed by atoms with Crippen LogP contribution in [0, 0.1) is 17.5 Å². The summed E-state index contributed by atoms with van der Waals surface area (Å²) in [5.74, 6) is -3.48. The van der Waals surface area contributed by atoms with Gasteiger partial charge >= 0.3 is 0 Å². The molecular weight excluding hydrogens is 429 g/mol. The number of hydrogen-bond donors (Lipinski definition) is 0. The SMILES string of the molecule is CCOc1cc(Br)c(-c2c(Br)ccc(OC)c2F)c(F)c1F. The van der Waals surface area contributed by atoms with Gasteiger partial charge in [-0.1, -0.05) is 15.9 Å². The van der Waals surface area contributed by atoms with Gasteiger partial charge in [0.15, 0.2) is 23.1 Å². The lowest BCUT2D eigenvalue weighted by Crippen LogP contribution is -2.02. The van der Waals surface area contributed by atoms with Gasteiger partial charge in [0, 0.05) is 20.1 Å². The van der Waals surface area contributed by atoms with Gasteiger partial charge in [-0.25, -0.2) is 8.78 Å². The molecule has 0 heterocycles. The predicted octanol–water partition coefficient (Wildman–Crippen LogP) is 5.70. The molecule has 2 aromatic carbocycles. The zero-order chi connectivity index (χ0) is 16.4. The first kappa shape index (κ1) is 17.1. The van der Waals surface area contributed by atoms with Crippen LogP contribution in [0.5, 0.6) is 11.5 Å². The third-order valence-corrected chi connectivity index (χ3v) is 4.24. The summed E-state index contributed by atoms with van der Waals surface area (Å²) >= 11 is 6.29. The molecule has 0 saturated carbocycles. The van der Waals surface area contributed by atoms with E-state index in [9.17, 15) is 13.2 Å². The molecule has 0 amide bonds. The van der Waals surface area contributed by atoms with Gasteiger partial charge in [-0.2, -0.15) is 4.39 Å². The molecule has 2 aromatic rings. The molecule has 7 heteroatoms. The standard InChI is InChI=1S/C15H11Br2F3O2/c1-3-22-10-6-8(17)12(15(20)14(10)19)11-7(16)4-5-9(21-2)13(11)18/h4-6H,3H2,1-2H3. The number of methoxy groups -OCH3 is 1. The van der Waals surface area contributed by atoms with Crippen LogP contribution in [0.25, 0.3) is 11.1 Å². The molecule has 0 atom stereocenters. The van der Waals surface area contributed by atoms with Gasteiger partial charge in [-0.05, 0) is 41.1 Å². The lowest BCUT2D eigenvalue weighted by molar-refractivity contribution is 0.314. The minimum atomic E-state index is -1.20. The Morgan fingerprint density at radius 3 is 2.14 bits per heavy atom. The Hall–Kier alpha value is -1.21. The fraction of sp³-hybridized carbons (Fsp3) is 0.200. The van der Waals surface area contributed by atoms with Crippen molar-refractivity contribution in [2.75, 3.05) is 13.7 Å². The molecule has 2 rings (SSSR count). The summed E-state index contributed by atoms with van der Waals surface area (Å²) in [5, 5.41) is 0. The molecule has 0 bridgehead atoms. The van der Waals surface area contributed by atoms with E-state index in [-0.39, 0.29) is 38.2 Å². The molecule has 0 N–H and O–H groups in total. The van der Waals surface area contributed by atoms with E-state index < -0.39 is 17.5 Å². The van der Waals surface area contributed by atoms with Crippen molar-refractivity contribution in [3.63, 3.8) is 0 Å². The molecule has 0 radical (unpaired) electrons. The summed E-state index contributed by atoms with van der Waals surface area (Å²) in [4.78, 5) is 0. The van der Waals surface area contributed by atoms with Crippen LogP contribution in [0.4, 0.5) is 13.2 Å². The van der Waals surface area contributed by atoms with E-state index in [2.05, 4.69) is 31.9 Å². The van der Waals surface area contributed by atoms with Crippen LogP contribution in [0.2, 0.25) is 0 Å². The zero-order valence-electron chi connectivity index (χ0n) is 11.6. The molecule has 22 heavy (non-hydrogen) atoms. The third-order valence-electron chi connectivity index (χ3n) is 2.95. The van der Waals surface area contributed by atoms with Crippen molar-refractivity contribution in [3.05, 3.63) is 44.6 Å². The second kappa shape index (κ2) is 6.91. The highest BCUT2D eigenvalue weighted by molar-refractivity contribution is 9.11. The van der Waals surface area contributed by atoms with Crippen LogP contribution < -0.4 is 9.47 Å². The zero-order valence-corrected chi connectivity index (χ0v) is 14.8. The highest BCUT2D eigenvalue weighted by atomic mass is 79.9. The van der Waals surface area contributed by atoms with Crippen molar-refractivity contribution in [1.82, 2.24) is 0 Å². The maximum Gasteiger partial charge on any atom is 0.201 e. The fourth-order valence-electron chi connectivity index (χ4n) is 1.98. The van der Waals surface area contributed by atoms with Crippen LogP contribution in [0.3, 0.4) is 0 Å². The van der Waals surface area contributed by atoms with Gasteiger partial charge in [0.1, 0.15) is 0 Å². The first-order valence-electron chi connectivity index (χ1n) is 6.25. The van der Waals surface area contributed by atoms with E-state index in [1.807, 2.05) is 0 Å². The fourth-order valence-corrected chi connectivity index (χ4v) is 3.07. The molecule has 118 valence electrons. The van der Waals surface area contributed by atoms with Gasteiger partial charge in [0.25, 0.3) is 0 Å². The molecular formula is C15H11Br2F3O2. The maximum atomic E-state index is 14.5. The number of rotatable bonds is 4. The van der Waals surface area contributed by atoms with Gasteiger partial charge in [0.05, 0.1) is 13.7 Å². The van der Waals surface area contributed by atoms with Crippen molar-refractivity contribution in [3.8, 4) is 22.6 Å². The van der Waals surface area contributed by atoms with E-state index in [1.165, 1.54) is 25.3 Å². The Kier molecular flexibility index (Phi) is 5.39. The van der Waals surface area contributed by atoms with Gasteiger partial charge in [0.2, 0.25) is 5.82 Å². The third kappa shape index (κ3) is 2.96. The average molecular weight is 440 g/mol. The quantitative estimate of drug-likeness (QED) is 0.568. The Bertz CT molecular complexity index is 721. The monoisotopic (exact) mass is 438 g/mol. The van der Waals surface area contributed by atoms with Crippen molar-refractivity contribution < 1.29 is 22.6 Å². The summed E-state index contributed by atoms with van der Waals surface area (Å²) in [5.41, 5.74) is -0.380. The van der Waals surface area contributed by atoms with Crippen molar-refractivity contribution >= 4 is 31.9 Å². The molecule has 0 aromatic heterocycles.